The second kappa shape index (κ2) is 7.16. The first-order valence-corrected chi connectivity index (χ1v) is 9.45. The molecule has 0 aromatic heterocycles. The topological polar surface area (TPSA) is 95.9 Å². The van der Waals surface area contributed by atoms with Gasteiger partial charge in [-0.1, -0.05) is 25.5 Å². The zero-order chi connectivity index (χ0) is 19.2. The summed E-state index contributed by atoms with van der Waals surface area (Å²) in [6.45, 7) is 6.01. The van der Waals surface area contributed by atoms with Crippen LogP contribution in [0.1, 0.15) is 33.6 Å². The van der Waals surface area contributed by atoms with Crippen LogP contribution in [0.15, 0.2) is 23.0 Å². The lowest BCUT2D eigenvalue weighted by Crippen LogP contribution is -2.53. The summed E-state index contributed by atoms with van der Waals surface area (Å²) in [6, 6.07) is 0. The molecule has 2 aliphatic carbocycles. The lowest BCUT2D eigenvalue weighted by Gasteiger charge is -2.50. The number of carbonyl (C=O) groups excluding carboxylic acids is 2. The highest BCUT2D eigenvalue weighted by Gasteiger charge is 2.52. The number of hydrogen-bond donors (Lipinski definition) is 3. The van der Waals surface area contributed by atoms with Crippen molar-refractivity contribution in [3.8, 4) is 0 Å². The molecule has 3 rings (SSSR count). The van der Waals surface area contributed by atoms with Crippen LogP contribution in [0.4, 0.5) is 0 Å². The number of aliphatic hydroxyl groups excluding tert-OH is 2. The van der Waals surface area contributed by atoms with Crippen molar-refractivity contribution in [3.05, 3.63) is 23.0 Å². The molecule has 1 heterocycles. The molecule has 7 atom stereocenters. The Labute approximate surface area is 154 Å². The van der Waals surface area contributed by atoms with Gasteiger partial charge in [-0.25, -0.2) is 0 Å². The van der Waals surface area contributed by atoms with Crippen molar-refractivity contribution in [2.75, 3.05) is 13.7 Å². The van der Waals surface area contributed by atoms with Gasteiger partial charge < -0.3 is 20.3 Å². The predicted octanol–water partition coefficient (Wildman–Crippen LogP) is 1.75. The molecule has 0 radical (unpaired) electrons. The van der Waals surface area contributed by atoms with Gasteiger partial charge in [-0.05, 0) is 37.5 Å². The third-order valence-electron chi connectivity index (χ3n) is 6.55. The first-order chi connectivity index (χ1) is 12.3. The summed E-state index contributed by atoms with van der Waals surface area (Å²) in [4.78, 5) is 24.3. The SMILES string of the molecule is CC[C@@H]1C(C)=C[C@@H]2C[C@H](C)C(O)[C@H](OC)[C@@H]2C1C(O)=C1C(=O)CNC1=O. The number of rotatable bonds is 3. The monoisotopic (exact) mass is 363 g/mol. The van der Waals surface area contributed by atoms with Crippen LogP contribution in [0.2, 0.25) is 0 Å². The Hall–Kier alpha value is -1.66. The van der Waals surface area contributed by atoms with E-state index in [1.54, 1.807) is 7.11 Å². The molecule has 6 nitrogen and oxygen atoms in total. The summed E-state index contributed by atoms with van der Waals surface area (Å²) in [5, 5.41) is 24.2. The van der Waals surface area contributed by atoms with Crippen molar-refractivity contribution in [2.45, 2.75) is 45.8 Å². The van der Waals surface area contributed by atoms with Crippen molar-refractivity contribution < 1.29 is 24.5 Å². The maximum absolute atomic E-state index is 12.2. The van der Waals surface area contributed by atoms with Crippen LogP contribution in [0.3, 0.4) is 0 Å². The van der Waals surface area contributed by atoms with Gasteiger partial charge in [0.15, 0.2) is 5.78 Å². The van der Waals surface area contributed by atoms with Gasteiger partial charge in [0.1, 0.15) is 11.3 Å². The van der Waals surface area contributed by atoms with Crippen LogP contribution in [0.25, 0.3) is 0 Å². The number of allylic oxidation sites excluding steroid dienone is 3. The molecule has 3 N–H and O–H groups in total. The smallest absolute Gasteiger partial charge is 0.258 e. The largest absolute Gasteiger partial charge is 0.511 e. The van der Waals surface area contributed by atoms with Crippen molar-refractivity contribution in [3.63, 3.8) is 0 Å². The lowest BCUT2D eigenvalue weighted by atomic mass is 9.57. The summed E-state index contributed by atoms with van der Waals surface area (Å²) in [5.74, 6) is -1.39. The Morgan fingerprint density at radius 3 is 2.62 bits per heavy atom. The maximum Gasteiger partial charge on any atom is 0.258 e. The Morgan fingerprint density at radius 2 is 2.08 bits per heavy atom. The fraction of sp³-hybridized carbons (Fsp3) is 0.700. The molecule has 3 aliphatic rings. The quantitative estimate of drug-likeness (QED) is 0.307. The summed E-state index contributed by atoms with van der Waals surface area (Å²) >= 11 is 0. The Balaban J connectivity index is 2.13. The molecule has 6 heteroatoms. The summed E-state index contributed by atoms with van der Waals surface area (Å²) in [6.07, 6.45) is 2.70. The number of carbonyl (C=O) groups is 2. The van der Waals surface area contributed by atoms with Gasteiger partial charge >= 0.3 is 0 Å². The molecule has 0 aromatic rings. The standard InChI is InChI=1S/C20H29NO5/c1-5-12-9(2)6-11-7-10(3)17(23)19(26-4)14(11)15(12)18(24)16-13(22)8-21-20(16)25/h6,10-12,14-15,17,19,23-24H,5,7-8H2,1-4H3,(H,21,25)/t10-,11+,12+,14-,15?,17?,19+/m0/s1. The number of aliphatic hydroxyl groups is 2. The number of hydrogen-bond acceptors (Lipinski definition) is 5. The Kier molecular flexibility index (Phi) is 5.26. The molecule has 2 fully saturated rings. The van der Waals surface area contributed by atoms with E-state index in [4.69, 9.17) is 4.74 Å². The van der Waals surface area contributed by atoms with E-state index in [0.717, 1.165) is 18.4 Å². The minimum absolute atomic E-state index is 0.00297. The van der Waals surface area contributed by atoms with Gasteiger partial charge in [0.05, 0.1) is 18.8 Å². The molecule has 0 aromatic carbocycles. The Morgan fingerprint density at radius 1 is 1.38 bits per heavy atom. The lowest BCUT2D eigenvalue weighted by molar-refractivity contribution is -0.129. The predicted molar refractivity (Wildman–Crippen MR) is 96.3 cm³/mol. The van der Waals surface area contributed by atoms with Gasteiger partial charge in [-0.2, -0.15) is 0 Å². The molecule has 0 spiro atoms. The molecule has 144 valence electrons. The fourth-order valence-electron chi connectivity index (χ4n) is 5.32. The summed E-state index contributed by atoms with van der Waals surface area (Å²) < 4.78 is 5.67. The van der Waals surface area contributed by atoms with Crippen LogP contribution in [0.5, 0.6) is 0 Å². The average Bonchev–Trinajstić information content (AvgIpc) is 2.93. The first kappa shape index (κ1) is 19.1. The third-order valence-corrected chi connectivity index (χ3v) is 6.55. The zero-order valence-corrected chi connectivity index (χ0v) is 15.9. The van der Waals surface area contributed by atoms with Gasteiger partial charge in [0, 0.05) is 18.9 Å². The van der Waals surface area contributed by atoms with Crippen molar-refractivity contribution in [1.29, 1.82) is 0 Å². The Bertz CT molecular complexity index is 649. The van der Waals surface area contributed by atoms with Gasteiger partial charge in [-0.3, -0.25) is 9.59 Å². The van der Waals surface area contributed by atoms with Crippen molar-refractivity contribution in [2.24, 2.45) is 29.6 Å². The minimum Gasteiger partial charge on any atom is -0.511 e. The van der Waals surface area contributed by atoms with Crippen LogP contribution in [-0.2, 0) is 14.3 Å². The number of methoxy groups -OCH3 is 1. The van der Waals surface area contributed by atoms with E-state index in [-0.39, 0.29) is 47.3 Å². The van der Waals surface area contributed by atoms with Crippen molar-refractivity contribution in [1.82, 2.24) is 5.32 Å². The fourth-order valence-corrected chi connectivity index (χ4v) is 5.32. The summed E-state index contributed by atoms with van der Waals surface area (Å²) in [5.41, 5.74) is 1.04. The summed E-state index contributed by atoms with van der Waals surface area (Å²) in [7, 11) is 1.57. The zero-order valence-electron chi connectivity index (χ0n) is 15.9. The molecular formula is C20H29NO5. The molecule has 1 saturated heterocycles. The molecule has 1 aliphatic heterocycles. The van der Waals surface area contributed by atoms with Gasteiger partial charge in [0.25, 0.3) is 5.91 Å². The van der Waals surface area contributed by atoms with Crippen molar-refractivity contribution >= 4 is 11.7 Å². The molecule has 26 heavy (non-hydrogen) atoms. The highest BCUT2D eigenvalue weighted by molar-refractivity contribution is 6.25. The second-order valence-electron chi connectivity index (χ2n) is 7.96. The number of nitrogens with one attached hydrogen (secondary N) is 1. The van der Waals surface area contributed by atoms with Crippen LogP contribution >= 0.6 is 0 Å². The highest BCUT2D eigenvalue weighted by Crippen LogP contribution is 2.51. The van der Waals surface area contributed by atoms with Crippen LogP contribution < -0.4 is 5.32 Å². The van der Waals surface area contributed by atoms with E-state index in [1.165, 1.54) is 0 Å². The van der Waals surface area contributed by atoms with E-state index < -0.39 is 24.0 Å². The normalized spacial score (nSPS) is 42.2. The second-order valence-corrected chi connectivity index (χ2v) is 7.96. The number of fused-ring (bicyclic) bond motifs is 1. The molecule has 1 saturated carbocycles. The third kappa shape index (κ3) is 2.89. The molecule has 1 amide bonds. The molecular weight excluding hydrogens is 334 g/mol. The van der Waals surface area contributed by atoms with E-state index in [0.29, 0.717) is 0 Å². The minimum atomic E-state index is -0.640. The number of amides is 1. The first-order valence-electron chi connectivity index (χ1n) is 9.45. The molecule has 2 unspecified atom stereocenters. The van der Waals surface area contributed by atoms with E-state index >= 15 is 0 Å². The van der Waals surface area contributed by atoms with Crippen LogP contribution in [0, 0.1) is 29.6 Å². The van der Waals surface area contributed by atoms with Gasteiger partial charge in [-0.15, -0.1) is 0 Å². The molecule has 0 bridgehead atoms. The number of ketones is 1. The highest BCUT2D eigenvalue weighted by atomic mass is 16.5. The number of ether oxygens (including phenoxy) is 1. The van der Waals surface area contributed by atoms with E-state index in [2.05, 4.69) is 11.4 Å². The maximum atomic E-state index is 12.2. The van der Waals surface area contributed by atoms with Gasteiger partial charge in [0.2, 0.25) is 0 Å². The average molecular weight is 363 g/mol. The van der Waals surface area contributed by atoms with E-state index in [1.807, 2.05) is 20.8 Å². The van der Waals surface area contributed by atoms with Crippen LogP contribution in [-0.4, -0.2) is 47.8 Å². The number of Topliss-reactive ketones (excluding diaryl/α,β-unsaturated/α-hetero) is 1. The van der Waals surface area contributed by atoms with E-state index in [9.17, 15) is 19.8 Å².